The second kappa shape index (κ2) is 5.03. The first kappa shape index (κ1) is 10.3. The Bertz CT molecular complexity index is 438. The summed E-state index contributed by atoms with van der Waals surface area (Å²) in [7, 11) is 0. The van der Waals surface area contributed by atoms with Gasteiger partial charge in [0.25, 0.3) is 0 Å². The van der Waals surface area contributed by atoms with Crippen LogP contribution in [0.2, 0.25) is 5.02 Å². The summed E-state index contributed by atoms with van der Waals surface area (Å²) in [5.41, 5.74) is 14.8. The Labute approximate surface area is 86.3 Å². The molecule has 0 heterocycles. The van der Waals surface area contributed by atoms with Crippen molar-refractivity contribution >= 4 is 17.3 Å². The van der Waals surface area contributed by atoms with Gasteiger partial charge in [0.1, 0.15) is 0 Å². The number of nitrogen functional groups attached to an aromatic ring is 1. The molecule has 14 heavy (non-hydrogen) atoms. The quantitative estimate of drug-likeness (QED) is 0.248. The van der Waals surface area contributed by atoms with Crippen LogP contribution in [0.15, 0.2) is 23.3 Å². The van der Waals surface area contributed by atoms with Gasteiger partial charge in [0.15, 0.2) is 0 Å². The maximum atomic E-state index is 8.01. The standard InChI is InChI=1S/C9H7ClN4/c10-9-4-3-8(11)6-7(9)2-1-5-13-14-12/h3-4,6H,5,11H2. The highest BCUT2D eigenvalue weighted by molar-refractivity contribution is 6.31. The zero-order chi connectivity index (χ0) is 10.4. The van der Waals surface area contributed by atoms with Crippen LogP contribution < -0.4 is 5.73 Å². The highest BCUT2D eigenvalue weighted by atomic mass is 35.5. The summed E-state index contributed by atoms with van der Waals surface area (Å²) < 4.78 is 0. The molecule has 1 aromatic rings. The number of benzene rings is 1. The van der Waals surface area contributed by atoms with Crippen LogP contribution in [0.4, 0.5) is 5.69 Å². The summed E-state index contributed by atoms with van der Waals surface area (Å²) in [5, 5.41) is 3.81. The van der Waals surface area contributed by atoms with E-state index in [1.807, 2.05) is 0 Å². The first-order chi connectivity index (χ1) is 6.74. The Balaban J connectivity index is 2.88. The van der Waals surface area contributed by atoms with Crippen molar-refractivity contribution in [2.75, 3.05) is 12.3 Å². The monoisotopic (exact) mass is 206 g/mol. The van der Waals surface area contributed by atoms with Crippen molar-refractivity contribution in [1.82, 2.24) is 0 Å². The van der Waals surface area contributed by atoms with E-state index in [4.69, 9.17) is 22.9 Å². The van der Waals surface area contributed by atoms with E-state index in [2.05, 4.69) is 21.9 Å². The molecule has 0 aliphatic heterocycles. The van der Waals surface area contributed by atoms with Crippen LogP contribution in [-0.2, 0) is 0 Å². The van der Waals surface area contributed by atoms with Crippen molar-refractivity contribution in [2.45, 2.75) is 0 Å². The summed E-state index contributed by atoms with van der Waals surface area (Å²) in [6.07, 6.45) is 0. The minimum atomic E-state index is 0.127. The number of azide groups is 1. The molecule has 1 rings (SSSR count). The molecule has 0 aliphatic rings. The molecule has 5 heteroatoms. The second-order valence-corrected chi connectivity index (χ2v) is 2.84. The van der Waals surface area contributed by atoms with E-state index >= 15 is 0 Å². The molecule has 0 radical (unpaired) electrons. The van der Waals surface area contributed by atoms with E-state index in [0.717, 1.165) is 0 Å². The van der Waals surface area contributed by atoms with Crippen molar-refractivity contribution in [2.24, 2.45) is 5.11 Å². The number of anilines is 1. The SMILES string of the molecule is [N-]=[N+]=NCC#Cc1cc(N)ccc1Cl. The maximum absolute atomic E-state index is 8.01. The predicted molar refractivity (Wildman–Crippen MR) is 56.8 cm³/mol. The largest absolute Gasteiger partial charge is 0.399 e. The van der Waals surface area contributed by atoms with Crippen LogP contribution in [0.5, 0.6) is 0 Å². The molecule has 0 aliphatic carbocycles. The number of halogens is 1. The zero-order valence-electron chi connectivity index (χ0n) is 7.24. The molecule has 0 saturated carbocycles. The Morgan fingerprint density at radius 3 is 3.07 bits per heavy atom. The maximum Gasteiger partial charge on any atom is 0.0880 e. The Hall–Kier alpha value is -1.82. The Morgan fingerprint density at radius 1 is 1.57 bits per heavy atom. The fourth-order valence-electron chi connectivity index (χ4n) is 0.840. The van der Waals surface area contributed by atoms with Gasteiger partial charge >= 0.3 is 0 Å². The second-order valence-electron chi connectivity index (χ2n) is 2.43. The van der Waals surface area contributed by atoms with Gasteiger partial charge in [-0.3, -0.25) is 0 Å². The van der Waals surface area contributed by atoms with E-state index < -0.39 is 0 Å². The van der Waals surface area contributed by atoms with Crippen molar-refractivity contribution < 1.29 is 0 Å². The number of hydrogen-bond donors (Lipinski definition) is 1. The molecule has 70 valence electrons. The van der Waals surface area contributed by atoms with Gasteiger partial charge in [0, 0.05) is 16.2 Å². The lowest BCUT2D eigenvalue weighted by molar-refractivity contribution is 1.25. The highest BCUT2D eigenvalue weighted by Gasteiger charge is 1.95. The summed E-state index contributed by atoms with van der Waals surface area (Å²) in [4.78, 5) is 2.57. The minimum absolute atomic E-state index is 0.127. The van der Waals surface area contributed by atoms with E-state index in [-0.39, 0.29) is 6.54 Å². The average Bonchev–Trinajstić information content (AvgIpc) is 2.18. The van der Waals surface area contributed by atoms with Gasteiger partial charge < -0.3 is 5.73 Å². The summed E-state index contributed by atoms with van der Waals surface area (Å²) in [5.74, 6) is 5.42. The first-order valence-corrected chi connectivity index (χ1v) is 4.16. The van der Waals surface area contributed by atoms with Crippen LogP contribution in [0, 0.1) is 11.8 Å². The third-order valence-electron chi connectivity index (χ3n) is 1.43. The zero-order valence-corrected chi connectivity index (χ0v) is 7.99. The van der Waals surface area contributed by atoms with Gasteiger partial charge in [-0.15, -0.1) is 0 Å². The van der Waals surface area contributed by atoms with E-state index in [0.29, 0.717) is 16.3 Å². The Morgan fingerprint density at radius 2 is 2.36 bits per heavy atom. The third kappa shape index (κ3) is 2.91. The van der Waals surface area contributed by atoms with Gasteiger partial charge in [-0.2, -0.15) is 0 Å². The highest BCUT2D eigenvalue weighted by Crippen LogP contribution is 2.17. The van der Waals surface area contributed by atoms with Gasteiger partial charge in [-0.1, -0.05) is 28.6 Å². The van der Waals surface area contributed by atoms with Crippen LogP contribution in [0.1, 0.15) is 5.56 Å². The molecule has 1 aromatic carbocycles. The molecule has 0 spiro atoms. The number of rotatable bonds is 1. The molecule has 0 fully saturated rings. The predicted octanol–water partition coefficient (Wildman–Crippen LogP) is 2.58. The smallest absolute Gasteiger partial charge is 0.0880 e. The molecule has 0 amide bonds. The molecule has 0 saturated heterocycles. The molecule has 0 atom stereocenters. The van der Waals surface area contributed by atoms with Crippen LogP contribution >= 0.6 is 11.6 Å². The van der Waals surface area contributed by atoms with Crippen LogP contribution in [0.3, 0.4) is 0 Å². The van der Waals surface area contributed by atoms with E-state index in [1.54, 1.807) is 18.2 Å². The average molecular weight is 207 g/mol. The number of hydrogen-bond acceptors (Lipinski definition) is 2. The van der Waals surface area contributed by atoms with Gasteiger partial charge in [0.2, 0.25) is 0 Å². The topological polar surface area (TPSA) is 74.8 Å². The van der Waals surface area contributed by atoms with Gasteiger partial charge in [-0.25, -0.2) is 0 Å². The van der Waals surface area contributed by atoms with E-state index in [9.17, 15) is 0 Å². The summed E-state index contributed by atoms with van der Waals surface area (Å²) >= 11 is 5.85. The fourth-order valence-corrected chi connectivity index (χ4v) is 1.01. The Kier molecular flexibility index (Phi) is 3.69. The number of nitrogens with zero attached hydrogens (tertiary/aromatic N) is 3. The van der Waals surface area contributed by atoms with Crippen molar-refractivity contribution in [3.05, 3.63) is 39.2 Å². The van der Waals surface area contributed by atoms with Crippen molar-refractivity contribution in [3.8, 4) is 11.8 Å². The normalized spacial score (nSPS) is 8.36. The molecule has 0 aromatic heterocycles. The summed E-state index contributed by atoms with van der Waals surface area (Å²) in [6.45, 7) is 0.127. The lowest BCUT2D eigenvalue weighted by atomic mass is 10.2. The first-order valence-electron chi connectivity index (χ1n) is 3.79. The van der Waals surface area contributed by atoms with E-state index in [1.165, 1.54) is 0 Å². The van der Waals surface area contributed by atoms with Crippen molar-refractivity contribution in [1.29, 1.82) is 0 Å². The lowest BCUT2D eigenvalue weighted by Gasteiger charge is -1.96. The van der Waals surface area contributed by atoms with Crippen molar-refractivity contribution in [3.63, 3.8) is 0 Å². The van der Waals surface area contributed by atoms with Gasteiger partial charge in [-0.05, 0) is 23.7 Å². The molecular weight excluding hydrogens is 200 g/mol. The molecule has 0 bridgehead atoms. The molecule has 0 unspecified atom stereocenters. The van der Waals surface area contributed by atoms with Crippen LogP contribution in [-0.4, -0.2) is 6.54 Å². The lowest BCUT2D eigenvalue weighted by Crippen LogP contribution is -1.86. The number of nitrogens with two attached hydrogens (primary N) is 1. The molecule has 4 nitrogen and oxygen atoms in total. The fraction of sp³-hybridized carbons (Fsp3) is 0.111. The van der Waals surface area contributed by atoms with Crippen LogP contribution in [0.25, 0.3) is 10.4 Å². The van der Waals surface area contributed by atoms with Gasteiger partial charge in [0.05, 0.1) is 11.6 Å². The summed E-state index contributed by atoms with van der Waals surface area (Å²) in [6, 6.07) is 5.04. The molecule has 2 N–H and O–H groups in total. The molecular formula is C9H7ClN4. The minimum Gasteiger partial charge on any atom is -0.399 e. The third-order valence-corrected chi connectivity index (χ3v) is 1.76.